The van der Waals surface area contributed by atoms with Gasteiger partial charge in [-0.3, -0.25) is 0 Å². The van der Waals surface area contributed by atoms with Gasteiger partial charge in [-0.05, 0) is 6.07 Å². The van der Waals surface area contributed by atoms with Crippen LogP contribution in [0.5, 0.6) is 11.5 Å². The highest BCUT2D eigenvalue weighted by Crippen LogP contribution is 2.22. The predicted octanol–water partition coefficient (Wildman–Crippen LogP) is 0.516. The van der Waals surface area contributed by atoms with Crippen LogP contribution < -0.4 is 5.32 Å². The monoisotopic (exact) mass is 234 g/mol. The minimum Gasteiger partial charge on any atom is -0.508 e. The number of nitrogens with zero attached hydrogens (tertiary/aromatic N) is 3. The highest BCUT2D eigenvalue weighted by atomic mass is 16.3. The van der Waals surface area contributed by atoms with E-state index in [0.717, 1.165) is 11.4 Å². The number of hydrogen-bond acceptors (Lipinski definition) is 5. The fourth-order valence-corrected chi connectivity index (χ4v) is 1.48. The van der Waals surface area contributed by atoms with Gasteiger partial charge in [0, 0.05) is 25.2 Å². The molecule has 1 aromatic heterocycles. The average Bonchev–Trinajstić information content (AvgIpc) is 2.68. The number of aromatic nitrogens is 3. The summed E-state index contributed by atoms with van der Waals surface area (Å²) in [5, 5.41) is 29.6. The number of aromatic hydroxyl groups is 2. The molecule has 0 saturated heterocycles. The first-order chi connectivity index (χ1) is 8.16. The molecule has 0 fully saturated rings. The summed E-state index contributed by atoms with van der Waals surface area (Å²) in [6.45, 7) is 1.07. The Bertz CT molecular complexity index is 510. The van der Waals surface area contributed by atoms with E-state index in [9.17, 15) is 5.11 Å². The van der Waals surface area contributed by atoms with E-state index >= 15 is 0 Å². The van der Waals surface area contributed by atoms with Crippen molar-refractivity contribution in [2.24, 2.45) is 7.05 Å². The standard InChI is InChI=1S/C11H14N4O2/c1-15-7-13-14-11(15)6-12-5-8-2-3-9(16)4-10(8)17/h2-4,7,12,16-17H,5-6H2,1H3. The number of rotatable bonds is 4. The third-order valence-corrected chi connectivity index (χ3v) is 2.47. The molecule has 6 heteroatoms. The first-order valence-electron chi connectivity index (χ1n) is 5.21. The highest BCUT2D eigenvalue weighted by molar-refractivity contribution is 5.38. The number of phenols is 2. The maximum absolute atomic E-state index is 9.57. The second-order valence-electron chi connectivity index (χ2n) is 3.77. The van der Waals surface area contributed by atoms with Crippen LogP contribution >= 0.6 is 0 Å². The first-order valence-corrected chi connectivity index (χ1v) is 5.21. The lowest BCUT2D eigenvalue weighted by Crippen LogP contribution is -2.15. The lowest BCUT2D eigenvalue weighted by atomic mass is 10.2. The van der Waals surface area contributed by atoms with Gasteiger partial charge in [0.2, 0.25) is 0 Å². The third kappa shape index (κ3) is 2.73. The van der Waals surface area contributed by atoms with E-state index in [-0.39, 0.29) is 11.5 Å². The molecular formula is C11H14N4O2. The van der Waals surface area contributed by atoms with Gasteiger partial charge in [0.15, 0.2) is 0 Å². The van der Waals surface area contributed by atoms with Crippen molar-refractivity contribution in [3.63, 3.8) is 0 Å². The van der Waals surface area contributed by atoms with Crippen molar-refractivity contribution in [2.45, 2.75) is 13.1 Å². The molecule has 6 nitrogen and oxygen atoms in total. The van der Waals surface area contributed by atoms with E-state index in [1.807, 2.05) is 11.6 Å². The molecule has 0 aliphatic rings. The second kappa shape index (κ2) is 4.84. The molecule has 0 atom stereocenters. The Morgan fingerprint density at radius 1 is 1.29 bits per heavy atom. The zero-order valence-electron chi connectivity index (χ0n) is 9.46. The van der Waals surface area contributed by atoms with E-state index < -0.39 is 0 Å². The van der Waals surface area contributed by atoms with E-state index in [2.05, 4.69) is 15.5 Å². The number of benzene rings is 1. The van der Waals surface area contributed by atoms with Gasteiger partial charge in [-0.2, -0.15) is 0 Å². The average molecular weight is 234 g/mol. The maximum Gasteiger partial charge on any atom is 0.146 e. The Labute approximate surface area is 98.5 Å². The Morgan fingerprint density at radius 3 is 2.76 bits per heavy atom. The van der Waals surface area contributed by atoms with Crippen LogP contribution in [0.1, 0.15) is 11.4 Å². The van der Waals surface area contributed by atoms with E-state index in [0.29, 0.717) is 13.1 Å². The number of hydrogen-bond donors (Lipinski definition) is 3. The van der Waals surface area contributed by atoms with Gasteiger partial charge >= 0.3 is 0 Å². The first kappa shape index (κ1) is 11.4. The molecule has 0 aliphatic heterocycles. The summed E-state index contributed by atoms with van der Waals surface area (Å²) in [5.74, 6) is 0.957. The molecule has 1 aromatic carbocycles. The Balaban J connectivity index is 1.92. The lowest BCUT2D eigenvalue weighted by Gasteiger charge is -2.06. The van der Waals surface area contributed by atoms with Gasteiger partial charge < -0.3 is 20.1 Å². The van der Waals surface area contributed by atoms with Gasteiger partial charge in [-0.15, -0.1) is 10.2 Å². The summed E-state index contributed by atoms with van der Waals surface area (Å²) >= 11 is 0. The van der Waals surface area contributed by atoms with Crippen molar-refractivity contribution in [1.82, 2.24) is 20.1 Å². The zero-order valence-corrected chi connectivity index (χ0v) is 9.46. The van der Waals surface area contributed by atoms with Crippen LogP contribution in [0.4, 0.5) is 0 Å². The van der Waals surface area contributed by atoms with Crippen LogP contribution in [0.2, 0.25) is 0 Å². The Kier molecular flexibility index (Phi) is 3.24. The molecule has 0 bridgehead atoms. The molecule has 0 aliphatic carbocycles. The summed E-state index contributed by atoms with van der Waals surface area (Å²) in [6, 6.07) is 4.53. The summed E-state index contributed by atoms with van der Waals surface area (Å²) in [4.78, 5) is 0. The molecule has 17 heavy (non-hydrogen) atoms. The van der Waals surface area contributed by atoms with Gasteiger partial charge in [-0.1, -0.05) is 6.07 Å². The van der Waals surface area contributed by atoms with Crippen molar-refractivity contribution < 1.29 is 10.2 Å². The van der Waals surface area contributed by atoms with Crippen molar-refractivity contribution >= 4 is 0 Å². The van der Waals surface area contributed by atoms with Crippen molar-refractivity contribution in [3.05, 3.63) is 35.9 Å². The van der Waals surface area contributed by atoms with Gasteiger partial charge in [0.25, 0.3) is 0 Å². The minimum absolute atomic E-state index is 0.0551. The van der Waals surface area contributed by atoms with Crippen molar-refractivity contribution in [2.75, 3.05) is 0 Å². The highest BCUT2D eigenvalue weighted by Gasteiger charge is 2.03. The normalized spacial score (nSPS) is 10.6. The molecule has 0 radical (unpaired) electrons. The quantitative estimate of drug-likeness (QED) is 0.718. The SMILES string of the molecule is Cn1cnnc1CNCc1ccc(O)cc1O. The van der Waals surface area contributed by atoms with E-state index in [1.54, 1.807) is 18.5 Å². The number of nitrogens with one attached hydrogen (secondary N) is 1. The van der Waals surface area contributed by atoms with E-state index in [1.165, 1.54) is 6.07 Å². The maximum atomic E-state index is 9.57. The van der Waals surface area contributed by atoms with Crippen LogP contribution in [-0.2, 0) is 20.1 Å². The number of phenolic OH excluding ortho intramolecular Hbond substituents is 2. The third-order valence-electron chi connectivity index (χ3n) is 2.47. The van der Waals surface area contributed by atoms with Crippen LogP contribution in [-0.4, -0.2) is 25.0 Å². The molecule has 0 amide bonds. The van der Waals surface area contributed by atoms with Crippen molar-refractivity contribution in [3.8, 4) is 11.5 Å². The Morgan fingerprint density at radius 2 is 2.12 bits per heavy atom. The molecule has 3 N–H and O–H groups in total. The molecule has 2 rings (SSSR count). The van der Waals surface area contributed by atoms with Gasteiger partial charge in [0.05, 0.1) is 6.54 Å². The fraction of sp³-hybridized carbons (Fsp3) is 0.273. The Hall–Kier alpha value is -2.08. The predicted molar refractivity (Wildman–Crippen MR) is 61.3 cm³/mol. The second-order valence-corrected chi connectivity index (χ2v) is 3.77. The van der Waals surface area contributed by atoms with Gasteiger partial charge in [-0.25, -0.2) is 0 Å². The lowest BCUT2D eigenvalue weighted by molar-refractivity contribution is 0.443. The number of aryl methyl sites for hydroxylation is 1. The van der Waals surface area contributed by atoms with Crippen LogP contribution in [0.25, 0.3) is 0 Å². The summed E-state index contributed by atoms with van der Waals surface area (Å²) in [5.41, 5.74) is 0.727. The van der Waals surface area contributed by atoms with Crippen LogP contribution in [0, 0.1) is 0 Å². The summed E-state index contributed by atoms with van der Waals surface area (Å²) < 4.78 is 1.82. The largest absolute Gasteiger partial charge is 0.508 e. The van der Waals surface area contributed by atoms with Crippen LogP contribution in [0.15, 0.2) is 24.5 Å². The minimum atomic E-state index is 0.0551. The summed E-state index contributed by atoms with van der Waals surface area (Å²) in [7, 11) is 1.87. The van der Waals surface area contributed by atoms with E-state index in [4.69, 9.17) is 5.11 Å². The molecule has 2 aromatic rings. The molecule has 0 spiro atoms. The molecule has 0 saturated carbocycles. The topological polar surface area (TPSA) is 83.2 Å². The molecule has 1 heterocycles. The molecular weight excluding hydrogens is 220 g/mol. The van der Waals surface area contributed by atoms with Crippen molar-refractivity contribution in [1.29, 1.82) is 0 Å². The van der Waals surface area contributed by atoms with Crippen LogP contribution in [0.3, 0.4) is 0 Å². The zero-order chi connectivity index (χ0) is 12.3. The molecule has 90 valence electrons. The molecule has 0 unspecified atom stereocenters. The summed E-state index contributed by atoms with van der Waals surface area (Å²) in [6.07, 6.45) is 1.63. The smallest absolute Gasteiger partial charge is 0.146 e. The van der Waals surface area contributed by atoms with Gasteiger partial charge in [0.1, 0.15) is 23.7 Å². The fourth-order valence-electron chi connectivity index (χ4n) is 1.48.